The highest BCUT2D eigenvalue weighted by molar-refractivity contribution is 7.89. The summed E-state index contributed by atoms with van der Waals surface area (Å²) in [7, 11) is -3.56. The molecule has 0 saturated carbocycles. The van der Waals surface area contributed by atoms with Crippen molar-refractivity contribution in [3.63, 3.8) is 0 Å². The van der Waals surface area contributed by atoms with E-state index in [9.17, 15) is 23.1 Å². The van der Waals surface area contributed by atoms with Crippen LogP contribution in [0.25, 0.3) is 0 Å². The molecule has 1 heterocycles. The van der Waals surface area contributed by atoms with Gasteiger partial charge in [0.05, 0.1) is 17.5 Å². The normalized spacial score (nSPS) is 17.6. The molecule has 0 spiro atoms. The number of aliphatic hydroxyl groups is 1. The molecule has 1 fully saturated rings. The number of nitrogens with zero attached hydrogens (tertiary/aromatic N) is 2. The van der Waals surface area contributed by atoms with Crippen LogP contribution in [0, 0.1) is 5.92 Å². The molecule has 1 aliphatic rings. The highest BCUT2D eigenvalue weighted by atomic mass is 32.2. The standard InChI is InChI=1S/C20H31N3O5S/c1-3-16(2)18(15-24)21-19(25)9-10-20(26)22-11-13-23(14-12-22)29(27,28)17-7-5-4-6-8-17/h4-8,16,18,24H,3,9-15H2,1-2H3,(H,21,25)/t16-,18+/m0/s1. The van der Waals surface area contributed by atoms with Crippen molar-refractivity contribution in [2.24, 2.45) is 5.92 Å². The molecule has 8 nitrogen and oxygen atoms in total. The average Bonchev–Trinajstić information content (AvgIpc) is 2.75. The minimum atomic E-state index is -3.56. The molecule has 0 bridgehead atoms. The number of nitrogens with one attached hydrogen (secondary N) is 1. The van der Waals surface area contributed by atoms with Crippen molar-refractivity contribution in [2.45, 2.75) is 44.0 Å². The second-order valence-electron chi connectivity index (χ2n) is 7.34. The third-order valence-corrected chi connectivity index (χ3v) is 7.33. The summed E-state index contributed by atoms with van der Waals surface area (Å²) in [6.45, 7) is 4.88. The minimum absolute atomic E-state index is 0.0499. The number of hydrogen-bond donors (Lipinski definition) is 2. The Morgan fingerprint density at radius 1 is 1.10 bits per heavy atom. The summed E-state index contributed by atoms with van der Waals surface area (Å²) in [6.07, 6.45) is 0.949. The van der Waals surface area contributed by atoms with Crippen LogP contribution in [-0.4, -0.2) is 73.4 Å². The molecule has 0 unspecified atom stereocenters. The number of piperazine rings is 1. The van der Waals surface area contributed by atoms with Gasteiger partial charge in [0.1, 0.15) is 0 Å². The Morgan fingerprint density at radius 3 is 2.28 bits per heavy atom. The van der Waals surface area contributed by atoms with Crippen molar-refractivity contribution in [2.75, 3.05) is 32.8 Å². The Morgan fingerprint density at radius 2 is 1.72 bits per heavy atom. The maximum atomic E-state index is 12.6. The largest absolute Gasteiger partial charge is 0.394 e. The molecule has 0 aliphatic carbocycles. The number of aliphatic hydroxyl groups excluding tert-OH is 1. The van der Waals surface area contributed by atoms with E-state index in [4.69, 9.17) is 0 Å². The molecule has 1 aromatic carbocycles. The van der Waals surface area contributed by atoms with Crippen LogP contribution in [0.15, 0.2) is 35.2 Å². The lowest BCUT2D eigenvalue weighted by Gasteiger charge is -2.34. The SMILES string of the molecule is CC[C@H](C)[C@@H](CO)NC(=O)CCC(=O)N1CCN(S(=O)(=O)c2ccccc2)CC1. The molecule has 1 aromatic rings. The van der Waals surface area contributed by atoms with Gasteiger partial charge in [0, 0.05) is 39.0 Å². The predicted octanol–water partition coefficient (Wildman–Crippen LogP) is 0.823. The first kappa shape index (κ1) is 23.3. The van der Waals surface area contributed by atoms with Crippen molar-refractivity contribution >= 4 is 21.8 Å². The highest BCUT2D eigenvalue weighted by Gasteiger charge is 2.30. The van der Waals surface area contributed by atoms with Gasteiger partial charge >= 0.3 is 0 Å². The molecule has 0 radical (unpaired) electrons. The van der Waals surface area contributed by atoms with Gasteiger partial charge < -0.3 is 15.3 Å². The summed E-state index contributed by atoms with van der Waals surface area (Å²) in [5.41, 5.74) is 0. The van der Waals surface area contributed by atoms with E-state index in [0.717, 1.165) is 6.42 Å². The zero-order chi connectivity index (χ0) is 21.4. The number of hydrogen-bond acceptors (Lipinski definition) is 5. The molecule has 2 atom stereocenters. The van der Waals surface area contributed by atoms with Gasteiger partial charge in [-0.1, -0.05) is 38.5 Å². The van der Waals surface area contributed by atoms with Gasteiger partial charge in [-0.3, -0.25) is 9.59 Å². The van der Waals surface area contributed by atoms with E-state index in [-0.39, 0.29) is 61.2 Å². The molecular weight excluding hydrogens is 394 g/mol. The quantitative estimate of drug-likeness (QED) is 0.609. The first-order chi connectivity index (χ1) is 13.8. The van der Waals surface area contributed by atoms with Gasteiger partial charge in [0.25, 0.3) is 0 Å². The van der Waals surface area contributed by atoms with Crippen LogP contribution >= 0.6 is 0 Å². The van der Waals surface area contributed by atoms with Gasteiger partial charge in [-0.05, 0) is 18.1 Å². The number of carbonyl (C=O) groups excluding carboxylic acids is 2. The molecule has 1 saturated heterocycles. The van der Waals surface area contributed by atoms with E-state index in [0.29, 0.717) is 13.1 Å². The highest BCUT2D eigenvalue weighted by Crippen LogP contribution is 2.17. The second kappa shape index (κ2) is 10.7. The van der Waals surface area contributed by atoms with Crippen LogP contribution in [0.1, 0.15) is 33.1 Å². The second-order valence-corrected chi connectivity index (χ2v) is 9.28. The molecule has 2 amide bonds. The number of carbonyl (C=O) groups is 2. The van der Waals surface area contributed by atoms with Crippen LogP contribution in [0.5, 0.6) is 0 Å². The number of rotatable bonds is 9. The summed E-state index contributed by atoms with van der Waals surface area (Å²) in [5, 5.41) is 12.2. The molecule has 2 rings (SSSR count). The third-order valence-electron chi connectivity index (χ3n) is 5.41. The maximum Gasteiger partial charge on any atom is 0.243 e. The van der Waals surface area contributed by atoms with Gasteiger partial charge in [-0.15, -0.1) is 0 Å². The first-order valence-electron chi connectivity index (χ1n) is 10.0. The summed E-state index contributed by atoms with van der Waals surface area (Å²) in [4.78, 5) is 26.3. The molecule has 1 aliphatic heterocycles. The Kier molecular flexibility index (Phi) is 8.60. The fraction of sp³-hybridized carbons (Fsp3) is 0.600. The summed E-state index contributed by atoms with van der Waals surface area (Å²) in [5.74, 6) is -0.275. The number of amides is 2. The fourth-order valence-electron chi connectivity index (χ4n) is 3.23. The lowest BCUT2D eigenvalue weighted by molar-refractivity contribution is -0.134. The average molecular weight is 426 g/mol. The Labute approximate surface area is 172 Å². The van der Waals surface area contributed by atoms with Crippen molar-refractivity contribution < 1.29 is 23.1 Å². The molecule has 9 heteroatoms. The van der Waals surface area contributed by atoms with E-state index in [2.05, 4.69) is 5.32 Å². The van der Waals surface area contributed by atoms with E-state index < -0.39 is 10.0 Å². The van der Waals surface area contributed by atoms with E-state index in [1.54, 1.807) is 35.2 Å². The van der Waals surface area contributed by atoms with Crippen molar-refractivity contribution in [1.82, 2.24) is 14.5 Å². The molecule has 162 valence electrons. The van der Waals surface area contributed by atoms with Crippen molar-refractivity contribution in [1.29, 1.82) is 0 Å². The van der Waals surface area contributed by atoms with E-state index in [1.165, 1.54) is 4.31 Å². The van der Waals surface area contributed by atoms with Gasteiger partial charge in [-0.2, -0.15) is 4.31 Å². The first-order valence-corrected chi connectivity index (χ1v) is 11.5. The minimum Gasteiger partial charge on any atom is -0.394 e. The van der Waals surface area contributed by atoms with Crippen molar-refractivity contribution in [3.05, 3.63) is 30.3 Å². The monoisotopic (exact) mass is 425 g/mol. The van der Waals surface area contributed by atoms with Crippen LogP contribution in [0.4, 0.5) is 0 Å². The summed E-state index contributed by atoms with van der Waals surface area (Å²) >= 11 is 0. The zero-order valence-corrected chi connectivity index (χ0v) is 17.9. The molecule has 0 aromatic heterocycles. The van der Waals surface area contributed by atoms with Gasteiger partial charge in [-0.25, -0.2) is 8.42 Å². The Bertz CT molecular complexity index is 777. The Hall–Kier alpha value is -1.97. The topological polar surface area (TPSA) is 107 Å². The lowest BCUT2D eigenvalue weighted by atomic mass is 10.00. The lowest BCUT2D eigenvalue weighted by Crippen LogP contribution is -2.50. The van der Waals surface area contributed by atoms with Crippen LogP contribution in [-0.2, 0) is 19.6 Å². The number of benzene rings is 1. The molecule has 29 heavy (non-hydrogen) atoms. The fourth-order valence-corrected chi connectivity index (χ4v) is 4.67. The van der Waals surface area contributed by atoms with E-state index in [1.807, 2.05) is 13.8 Å². The smallest absolute Gasteiger partial charge is 0.243 e. The van der Waals surface area contributed by atoms with Gasteiger partial charge in [0.15, 0.2) is 0 Å². The summed E-state index contributed by atoms with van der Waals surface area (Å²) in [6, 6.07) is 7.93. The van der Waals surface area contributed by atoms with Crippen LogP contribution < -0.4 is 5.32 Å². The summed E-state index contributed by atoms with van der Waals surface area (Å²) < 4.78 is 26.7. The molecular formula is C20H31N3O5S. The van der Waals surface area contributed by atoms with Crippen LogP contribution in [0.2, 0.25) is 0 Å². The maximum absolute atomic E-state index is 12.6. The predicted molar refractivity (Wildman–Crippen MR) is 109 cm³/mol. The van der Waals surface area contributed by atoms with Crippen molar-refractivity contribution in [3.8, 4) is 0 Å². The molecule has 2 N–H and O–H groups in total. The number of sulfonamides is 1. The van der Waals surface area contributed by atoms with Gasteiger partial charge in [0.2, 0.25) is 21.8 Å². The Balaban J connectivity index is 1.81. The van der Waals surface area contributed by atoms with E-state index >= 15 is 0 Å². The zero-order valence-electron chi connectivity index (χ0n) is 17.1. The third kappa shape index (κ3) is 6.25. The van der Waals surface area contributed by atoms with Crippen LogP contribution in [0.3, 0.4) is 0 Å².